The molecule has 0 aromatic carbocycles. The molecule has 0 aliphatic heterocycles. The molecule has 0 saturated carbocycles. The van der Waals surface area contributed by atoms with Gasteiger partial charge in [-0.25, -0.2) is 4.98 Å². The molecule has 0 N–H and O–H groups in total. The van der Waals surface area contributed by atoms with E-state index < -0.39 is 0 Å². The Hall–Kier alpha value is -0.870. The van der Waals surface area contributed by atoms with E-state index in [2.05, 4.69) is 58.4 Å². The van der Waals surface area contributed by atoms with Crippen molar-refractivity contribution in [3.8, 4) is 0 Å². The molecule has 5 heteroatoms. The van der Waals surface area contributed by atoms with Crippen molar-refractivity contribution in [2.45, 2.75) is 67.7 Å². The van der Waals surface area contributed by atoms with Gasteiger partial charge >= 0.3 is 0 Å². The zero-order valence-corrected chi connectivity index (χ0v) is 19.5. The van der Waals surface area contributed by atoms with Crippen molar-refractivity contribution in [1.29, 1.82) is 0 Å². The maximum absolute atomic E-state index is 6.36. The summed E-state index contributed by atoms with van der Waals surface area (Å²) >= 11 is 8.20. The molecule has 1 atom stereocenters. The molecule has 0 radical (unpaired) electrons. The van der Waals surface area contributed by atoms with E-state index in [9.17, 15) is 0 Å². The number of nitrogens with zero attached hydrogens (tertiary/aromatic N) is 3. The summed E-state index contributed by atoms with van der Waals surface area (Å²) in [4.78, 5) is 14.4. The summed E-state index contributed by atoms with van der Waals surface area (Å²) in [5, 5.41) is 1.65. The van der Waals surface area contributed by atoms with E-state index in [1.807, 2.05) is 11.3 Å². The molecule has 2 aromatic rings. The van der Waals surface area contributed by atoms with Crippen LogP contribution >= 0.6 is 22.9 Å². The molecular weight excluding hydrogens is 374 g/mol. The smallest absolute Gasteiger partial charge is 0.225 e. The van der Waals surface area contributed by atoms with Crippen molar-refractivity contribution in [1.82, 2.24) is 9.97 Å². The average molecular weight is 408 g/mol. The molecule has 1 aliphatic carbocycles. The standard InChI is InChI=1S/C22H34ClN3S/c1-13(2)11-26(12-14(3)4)19-18-16-9-8-15(22(5,6)7)10-17(16)27-20(18)25-21(23)24-19/h13-15H,8-12H2,1-7H3. The van der Waals surface area contributed by atoms with Crippen LogP contribution in [0.3, 0.4) is 0 Å². The van der Waals surface area contributed by atoms with Gasteiger partial charge in [0.15, 0.2) is 0 Å². The average Bonchev–Trinajstić information content (AvgIpc) is 2.88. The molecule has 2 heterocycles. The van der Waals surface area contributed by atoms with Crippen LogP contribution in [0.2, 0.25) is 5.28 Å². The highest BCUT2D eigenvalue weighted by Crippen LogP contribution is 2.45. The number of aryl methyl sites for hydroxylation is 1. The van der Waals surface area contributed by atoms with Gasteiger partial charge in [0.25, 0.3) is 0 Å². The van der Waals surface area contributed by atoms with E-state index in [0.717, 1.165) is 42.5 Å². The molecule has 3 rings (SSSR count). The Balaban J connectivity index is 2.10. The fourth-order valence-corrected chi connectivity index (χ4v) is 5.74. The topological polar surface area (TPSA) is 29.0 Å². The maximum Gasteiger partial charge on any atom is 0.225 e. The van der Waals surface area contributed by atoms with Crippen molar-refractivity contribution < 1.29 is 0 Å². The van der Waals surface area contributed by atoms with Crippen molar-refractivity contribution in [3.63, 3.8) is 0 Å². The molecule has 3 nitrogen and oxygen atoms in total. The Bertz CT molecular complexity index is 794. The van der Waals surface area contributed by atoms with E-state index in [-0.39, 0.29) is 0 Å². The molecule has 0 bridgehead atoms. The van der Waals surface area contributed by atoms with Crippen molar-refractivity contribution in [2.24, 2.45) is 23.2 Å². The van der Waals surface area contributed by atoms with Crippen molar-refractivity contribution in [2.75, 3.05) is 18.0 Å². The third kappa shape index (κ3) is 4.59. The van der Waals surface area contributed by atoms with Gasteiger partial charge in [0.1, 0.15) is 10.6 Å². The molecule has 27 heavy (non-hydrogen) atoms. The minimum Gasteiger partial charge on any atom is -0.355 e. The summed E-state index contributed by atoms with van der Waals surface area (Å²) in [6.45, 7) is 18.2. The van der Waals surface area contributed by atoms with Gasteiger partial charge in [-0.2, -0.15) is 4.98 Å². The number of hydrogen-bond donors (Lipinski definition) is 0. The van der Waals surface area contributed by atoms with Crippen LogP contribution in [0.25, 0.3) is 10.2 Å². The van der Waals surface area contributed by atoms with Gasteiger partial charge in [-0.1, -0.05) is 48.5 Å². The molecular formula is C22H34ClN3S. The Labute approximate surface area is 173 Å². The van der Waals surface area contributed by atoms with Crippen LogP contribution in [0.15, 0.2) is 0 Å². The van der Waals surface area contributed by atoms with E-state index in [4.69, 9.17) is 16.6 Å². The second kappa shape index (κ2) is 7.87. The molecule has 1 aliphatic rings. The van der Waals surface area contributed by atoms with Crippen LogP contribution in [0.1, 0.15) is 65.3 Å². The Morgan fingerprint density at radius 3 is 2.30 bits per heavy atom. The first-order valence-corrected chi connectivity index (χ1v) is 11.5. The van der Waals surface area contributed by atoms with E-state index in [1.54, 1.807) is 0 Å². The zero-order chi connectivity index (χ0) is 19.9. The summed E-state index contributed by atoms with van der Waals surface area (Å²) in [7, 11) is 0. The van der Waals surface area contributed by atoms with Crippen LogP contribution in [-0.4, -0.2) is 23.1 Å². The first kappa shape index (κ1) is 20.9. The second-order valence-corrected chi connectivity index (χ2v) is 11.4. The van der Waals surface area contributed by atoms with Crippen LogP contribution in [-0.2, 0) is 12.8 Å². The number of halogens is 1. The fraction of sp³-hybridized carbons (Fsp3) is 0.727. The third-order valence-corrected chi connectivity index (χ3v) is 6.87. The van der Waals surface area contributed by atoms with Crippen molar-refractivity contribution in [3.05, 3.63) is 15.7 Å². The minimum atomic E-state index is 0.349. The lowest BCUT2D eigenvalue weighted by Crippen LogP contribution is -2.32. The fourth-order valence-electron chi connectivity index (χ4n) is 4.23. The largest absolute Gasteiger partial charge is 0.355 e. The lowest BCUT2D eigenvalue weighted by molar-refractivity contribution is 0.218. The van der Waals surface area contributed by atoms with Crippen LogP contribution in [0, 0.1) is 23.2 Å². The van der Waals surface area contributed by atoms with E-state index in [1.165, 1.54) is 22.2 Å². The molecule has 0 saturated heterocycles. The Kier molecular flexibility index (Phi) is 6.08. The molecule has 0 fully saturated rings. The lowest BCUT2D eigenvalue weighted by atomic mass is 9.72. The number of rotatable bonds is 5. The molecule has 2 aromatic heterocycles. The molecule has 150 valence electrons. The van der Waals surface area contributed by atoms with Gasteiger partial charge in [-0.05, 0) is 59.6 Å². The van der Waals surface area contributed by atoms with E-state index in [0.29, 0.717) is 22.5 Å². The minimum absolute atomic E-state index is 0.349. The highest BCUT2D eigenvalue weighted by molar-refractivity contribution is 7.19. The Morgan fingerprint density at radius 2 is 1.74 bits per heavy atom. The number of anilines is 1. The first-order chi connectivity index (χ1) is 12.6. The molecule has 0 spiro atoms. The summed E-state index contributed by atoms with van der Waals surface area (Å²) < 4.78 is 0. The molecule has 0 amide bonds. The van der Waals surface area contributed by atoms with Gasteiger partial charge in [-0.3, -0.25) is 0 Å². The van der Waals surface area contributed by atoms with Gasteiger partial charge in [-0.15, -0.1) is 11.3 Å². The summed E-state index contributed by atoms with van der Waals surface area (Å²) in [6, 6.07) is 0. The first-order valence-electron chi connectivity index (χ1n) is 10.3. The van der Waals surface area contributed by atoms with Gasteiger partial charge < -0.3 is 4.90 Å². The van der Waals surface area contributed by atoms with Gasteiger partial charge in [0.2, 0.25) is 5.28 Å². The third-order valence-electron chi connectivity index (χ3n) is 5.56. The van der Waals surface area contributed by atoms with Gasteiger partial charge in [0.05, 0.1) is 5.39 Å². The highest BCUT2D eigenvalue weighted by Gasteiger charge is 2.32. The van der Waals surface area contributed by atoms with Gasteiger partial charge in [0, 0.05) is 18.0 Å². The quantitative estimate of drug-likeness (QED) is 0.522. The number of fused-ring (bicyclic) bond motifs is 3. The number of hydrogen-bond acceptors (Lipinski definition) is 4. The SMILES string of the molecule is CC(C)CN(CC(C)C)c1nc(Cl)nc2sc3c(c12)CCC(C(C)(C)C)C3. The van der Waals surface area contributed by atoms with Crippen LogP contribution in [0.5, 0.6) is 0 Å². The summed E-state index contributed by atoms with van der Waals surface area (Å²) in [6.07, 6.45) is 3.54. The number of aromatic nitrogens is 2. The lowest BCUT2D eigenvalue weighted by Gasteiger charge is -2.34. The summed E-state index contributed by atoms with van der Waals surface area (Å²) in [5.41, 5.74) is 1.83. The monoisotopic (exact) mass is 407 g/mol. The molecule has 1 unspecified atom stereocenters. The number of thiophene rings is 1. The predicted octanol–water partition coefficient (Wildman–Crippen LogP) is 6.61. The van der Waals surface area contributed by atoms with Crippen molar-refractivity contribution >= 4 is 39.0 Å². The zero-order valence-electron chi connectivity index (χ0n) is 17.9. The highest BCUT2D eigenvalue weighted by atomic mass is 35.5. The van der Waals surface area contributed by atoms with Crippen LogP contribution in [0.4, 0.5) is 5.82 Å². The normalized spacial score (nSPS) is 17.8. The summed E-state index contributed by atoms with van der Waals surface area (Å²) in [5.74, 6) is 2.94. The van der Waals surface area contributed by atoms with E-state index >= 15 is 0 Å². The Morgan fingerprint density at radius 1 is 1.11 bits per heavy atom. The maximum atomic E-state index is 6.36. The predicted molar refractivity (Wildman–Crippen MR) is 119 cm³/mol. The van der Waals surface area contributed by atoms with Crippen LogP contribution < -0.4 is 4.90 Å². The second-order valence-electron chi connectivity index (χ2n) is 10.00.